The molecule has 2 heterocycles. The van der Waals surface area contributed by atoms with Crippen LogP contribution < -0.4 is 16.0 Å². The second-order valence-electron chi connectivity index (χ2n) is 6.47. The number of nitrogens with zero attached hydrogens (tertiary/aromatic N) is 4. The molecule has 8 heteroatoms. The fraction of sp³-hybridized carbons (Fsp3) is 0.263. The maximum atomic E-state index is 6.25. The first-order valence-corrected chi connectivity index (χ1v) is 9.59. The number of aliphatic imine (C=N–C) groups is 2. The quantitative estimate of drug-likeness (QED) is 0.814. The van der Waals surface area contributed by atoms with Gasteiger partial charge < -0.3 is 16.0 Å². The maximum Gasteiger partial charge on any atom is 0.222 e. The van der Waals surface area contributed by atoms with E-state index in [4.69, 9.17) is 28.9 Å². The predicted octanol–water partition coefficient (Wildman–Crippen LogP) is 3.98. The van der Waals surface area contributed by atoms with E-state index in [-0.39, 0.29) is 5.96 Å². The number of hydrogen-bond donors (Lipinski definition) is 2. The first-order valence-electron chi connectivity index (χ1n) is 8.84. The van der Waals surface area contributed by atoms with Gasteiger partial charge in [0.15, 0.2) is 0 Å². The lowest BCUT2D eigenvalue weighted by Crippen LogP contribution is -2.54. The summed E-state index contributed by atoms with van der Waals surface area (Å²) in [4.78, 5) is 13.3. The van der Waals surface area contributed by atoms with Gasteiger partial charge in [-0.3, -0.25) is 4.90 Å². The van der Waals surface area contributed by atoms with Crippen molar-refractivity contribution in [2.24, 2.45) is 15.7 Å². The average molecular weight is 403 g/mol. The van der Waals surface area contributed by atoms with E-state index in [1.54, 1.807) is 0 Å². The van der Waals surface area contributed by atoms with Gasteiger partial charge in [0.05, 0.1) is 0 Å². The fourth-order valence-corrected chi connectivity index (χ4v) is 3.70. The Morgan fingerprint density at radius 3 is 2.41 bits per heavy atom. The molecule has 0 radical (unpaired) electrons. The lowest BCUT2D eigenvalue weighted by molar-refractivity contribution is 0.497. The second-order valence-corrected chi connectivity index (χ2v) is 7.34. The van der Waals surface area contributed by atoms with Crippen LogP contribution in [0, 0.1) is 0 Å². The molecule has 2 aromatic rings. The van der Waals surface area contributed by atoms with Crippen LogP contribution in [0.4, 0.5) is 11.4 Å². The zero-order valence-corrected chi connectivity index (χ0v) is 16.2. The summed E-state index contributed by atoms with van der Waals surface area (Å²) < 4.78 is 0. The summed E-state index contributed by atoms with van der Waals surface area (Å²) in [5.74, 6) is 1.02. The molecule has 0 saturated carbocycles. The maximum absolute atomic E-state index is 6.25. The SMILES string of the molecule is NC1=NC(Nc2cccc(Cl)c2)N(c2cccc(Cl)c2)C(N2CCCC2)=N1. The first-order chi connectivity index (χ1) is 13.1. The Bertz CT molecular complexity index is 891. The van der Waals surface area contributed by atoms with Crippen molar-refractivity contribution in [3.63, 3.8) is 0 Å². The van der Waals surface area contributed by atoms with Crippen LogP contribution >= 0.6 is 23.2 Å². The molecule has 1 unspecified atom stereocenters. The third kappa shape index (κ3) is 3.96. The van der Waals surface area contributed by atoms with Crippen molar-refractivity contribution in [3.8, 4) is 0 Å². The van der Waals surface area contributed by atoms with Crippen molar-refractivity contribution in [1.29, 1.82) is 0 Å². The predicted molar refractivity (Wildman–Crippen MR) is 113 cm³/mol. The zero-order valence-electron chi connectivity index (χ0n) is 14.6. The molecule has 140 valence electrons. The molecule has 1 fully saturated rings. The number of hydrogen-bond acceptors (Lipinski definition) is 6. The standard InChI is InChI=1S/C19H20Cl2N6/c20-13-5-3-7-15(11-13)23-18-24-17(22)25-19(26-9-1-2-10-26)27(18)16-8-4-6-14(21)12-16/h3-8,11-12,18,23H,1-2,9-10H2,(H2,22,24). The van der Waals surface area contributed by atoms with Gasteiger partial charge in [-0.15, -0.1) is 0 Å². The number of likely N-dealkylation sites (tertiary alicyclic amines) is 1. The molecule has 0 bridgehead atoms. The van der Waals surface area contributed by atoms with Crippen molar-refractivity contribution >= 4 is 46.5 Å². The van der Waals surface area contributed by atoms with Gasteiger partial charge in [0.2, 0.25) is 18.2 Å². The molecule has 4 rings (SSSR count). The summed E-state index contributed by atoms with van der Waals surface area (Å²) >= 11 is 12.4. The molecule has 6 nitrogen and oxygen atoms in total. The van der Waals surface area contributed by atoms with Crippen LogP contribution in [-0.4, -0.2) is 36.2 Å². The summed E-state index contributed by atoms with van der Waals surface area (Å²) in [6.07, 6.45) is 1.80. The number of nitrogens with two attached hydrogens (primary N) is 1. The van der Waals surface area contributed by atoms with Gasteiger partial charge in [-0.1, -0.05) is 35.3 Å². The highest BCUT2D eigenvalue weighted by Crippen LogP contribution is 2.28. The second kappa shape index (κ2) is 7.66. The Kier molecular flexibility index (Phi) is 5.09. The first kappa shape index (κ1) is 17.9. The van der Waals surface area contributed by atoms with E-state index in [9.17, 15) is 0 Å². The van der Waals surface area contributed by atoms with E-state index >= 15 is 0 Å². The third-order valence-electron chi connectivity index (χ3n) is 4.52. The fourth-order valence-electron chi connectivity index (χ4n) is 3.32. The van der Waals surface area contributed by atoms with E-state index in [1.807, 2.05) is 53.4 Å². The lowest BCUT2D eigenvalue weighted by atomic mass is 10.2. The molecular formula is C19H20Cl2N6. The highest BCUT2D eigenvalue weighted by molar-refractivity contribution is 6.31. The Morgan fingerprint density at radius 2 is 1.70 bits per heavy atom. The van der Waals surface area contributed by atoms with Crippen molar-refractivity contribution < 1.29 is 0 Å². The van der Waals surface area contributed by atoms with Gasteiger partial charge in [-0.25, -0.2) is 4.99 Å². The van der Waals surface area contributed by atoms with Crippen LogP contribution in [0.15, 0.2) is 58.5 Å². The molecular weight excluding hydrogens is 383 g/mol. The lowest BCUT2D eigenvalue weighted by Gasteiger charge is -2.38. The van der Waals surface area contributed by atoms with Gasteiger partial charge in [-0.2, -0.15) is 4.99 Å². The van der Waals surface area contributed by atoms with Crippen molar-refractivity contribution in [3.05, 3.63) is 58.6 Å². The molecule has 0 amide bonds. The smallest absolute Gasteiger partial charge is 0.222 e. The summed E-state index contributed by atoms with van der Waals surface area (Å²) in [6.45, 7) is 1.88. The largest absolute Gasteiger partial charge is 0.368 e. The third-order valence-corrected chi connectivity index (χ3v) is 4.99. The summed E-state index contributed by atoms with van der Waals surface area (Å²) in [5.41, 5.74) is 7.79. The molecule has 0 aromatic heterocycles. The minimum absolute atomic E-state index is 0.245. The van der Waals surface area contributed by atoms with Gasteiger partial charge in [0.1, 0.15) is 0 Å². The average Bonchev–Trinajstić information content (AvgIpc) is 3.16. The number of benzene rings is 2. The number of nitrogens with one attached hydrogen (secondary N) is 1. The Balaban J connectivity index is 1.74. The molecule has 3 N–H and O–H groups in total. The van der Waals surface area contributed by atoms with Crippen LogP contribution in [0.25, 0.3) is 0 Å². The van der Waals surface area contributed by atoms with Crippen LogP contribution in [0.3, 0.4) is 0 Å². The van der Waals surface area contributed by atoms with Gasteiger partial charge in [-0.05, 0) is 49.2 Å². The van der Waals surface area contributed by atoms with Crippen LogP contribution in [0.2, 0.25) is 10.0 Å². The number of guanidine groups is 2. The van der Waals surface area contributed by atoms with E-state index in [1.165, 1.54) is 0 Å². The normalized spacial score (nSPS) is 19.7. The Labute approximate surface area is 168 Å². The van der Waals surface area contributed by atoms with Gasteiger partial charge >= 0.3 is 0 Å². The van der Waals surface area contributed by atoms with Gasteiger partial charge in [0.25, 0.3) is 0 Å². The monoisotopic (exact) mass is 402 g/mol. The summed E-state index contributed by atoms with van der Waals surface area (Å²) in [6, 6.07) is 15.2. The Morgan fingerprint density at radius 1 is 1.00 bits per heavy atom. The molecule has 2 aliphatic heterocycles. The zero-order chi connectivity index (χ0) is 18.8. The van der Waals surface area contributed by atoms with Gasteiger partial charge in [0, 0.05) is 34.5 Å². The van der Waals surface area contributed by atoms with Crippen LogP contribution in [0.1, 0.15) is 12.8 Å². The molecule has 2 aromatic carbocycles. The minimum atomic E-state index is -0.463. The Hall–Kier alpha value is -2.44. The molecule has 1 saturated heterocycles. The molecule has 1 atom stereocenters. The van der Waals surface area contributed by atoms with Crippen LogP contribution in [-0.2, 0) is 0 Å². The van der Waals surface area contributed by atoms with E-state index in [0.717, 1.165) is 43.3 Å². The van der Waals surface area contributed by atoms with Crippen LogP contribution in [0.5, 0.6) is 0 Å². The summed E-state index contributed by atoms with van der Waals surface area (Å²) in [5, 5.41) is 4.70. The minimum Gasteiger partial charge on any atom is -0.368 e. The van der Waals surface area contributed by atoms with Crippen molar-refractivity contribution in [1.82, 2.24) is 4.90 Å². The topological polar surface area (TPSA) is 69.2 Å². The molecule has 2 aliphatic rings. The van der Waals surface area contributed by atoms with E-state index < -0.39 is 6.29 Å². The number of halogens is 2. The van der Waals surface area contributed by atoms with Crippen molar-refractivity contribution in [2.45, 2.75) is 19.1 Å². The highest BCUT2D eigenvalue weighted by atomic mass is 35.5. The van der Waals surface area contributed by atoms with Crippen molar-refractivity contribution in [2.75, 3.05) is 23.3 Å². The summed E-state index contributed by atoms with van der Waals surface area (Å²) in [7, 11) is 0. The molecule has 27 heavy (non-hydrogen) atoms. The molecule has 0 aliphatic carbocycles. The molecule has 0 spiro atoms. The van der Waals surface area contributed by atoms with E-state index in [2.05, 4.69) is 20.2 Å². The highest BCUT2D eigenvalue weighted by Gasteiger charge is 2.32. The number of anilines is 2. The number of rotatable bonds is 3. The van der Waals surface area contributed by atoms with E-state index in [0.29, 0.717) is 10.0 Å².